The summed E-state index contributed by atoms with van der Waals surface area (Å²) in [5.41, 5.74) is 0.0718. The highest BCUT2D eigenvalue weighted by atomic mass is 35.5. The van der Waals surface area contributed by atoms with Gasteiger partial charge < -0.3 is 0 Å². The molecule has 8 heavy (non-hydrogen) atoms. The molecule has 2 unspecified atom stereocenters. The van der Waals surface area contributed by atoms with Crippen molar-refractivity contribution in [3.8, 4) is 0 Å². The van der Waals surface area contributed by atoms with E-state index >= 15 is 0 Å². The molecule has 0 amide bonds. The first-order valence-corrected chi connectivity index (χ1v) is 3.82. The molecule has 0 fully saturated rings. The van der Waals surface area contributed by atoms with Gasteiger partial charge in [-0.2, -0.15) is 0 Å². The van der Waals surface area contributed by atoms with Gasteiger partial charge in [0, 0.05) is 6.42 Å². The minimum Gasteiger partial charge on any atom is -0.0790 e. The van der Waals surface area contributed by atoms with E-state index < -0.39 is 8.03 Å². The smallest absolute Gasteiger partial charge is 0.0790 e. The molecular formula is C4H5ClO2P+. The van der Waals surface area contributed by atoms with Gasteiger partial charge in [-0.15, -0.1) is 0 Å². The third-order valence-electron chi connectivity index (χ3n) is 1.07. The number of halogens is 1. The fourth-order valence-corrected chi connectivity index (χ4v) is 1.43. The van der Waals surface area contributed by atoms with Crippen molar-refractivity contribution in [1.29, 1.82) is 0 Å². The minimum absolute atomic E-state index is 0.0718. The molecular weight excluding hydrogens is 146 g/mol. The Balaban J connectivity index is 2.36. The normalized spacial score (nSPS) is 27.1. The molecule has 1 rings (SSSR count). The van der Waals surface area contributed by atoms with Gasteiger partial charge in [0.2, 0.25) is 5.66 Å². The van der Waals surface area contributed by atoms with Crippen molar-refractivity contribution in [1.82, 2.24) is 0 Å². The first-order chi connectivity index (χ1) is 3.84. The minimum atomic E-state index is -1.62. The van der Waals surface area contributed by atoms with Crippen LogP contribution in [-0.4, -0.2) is 5.66 Å². The topological polar surface area (TPSA) is 26.3 Å². The molecule has 0 spiro atoms. The van der Waals surface area contributed by atoms with Crippen LogP contribution >= 0.6 is 19.9 Å². The van der Waals surface area contributed by atoms with Crippen molar-refractivity contribution in [2.24, 2.45) is 0 Å². The van der Waals surface area contributed by atoms with E-state index in [-0.39, 0.29) is 5.66 Å². The lowest BCUT2D eigenvalue weighted by molar-refractivity contribution is 0.516. The van der Waals surface area contributed by atoms with E-state index in [9.17, 15) is 4.57 Å². The molecule has 0 aliphatic heterocycles. The van der Waals surface area contributed by atoms with Crippen molar-refractivity contribution in [3.05, 3.63) is 12.2 Å². The van der Waals surface area contributed by atoms with E-state index in [1.54, 1.807) is 0 Å². The Kier molecular flexibility index (Phi) is 2.01. The third-order valence-corrected chi connectivity index (χ3v) is 2.54. The SMILES string of the molecule is O=[P+](OCl)C1C=CC1. The van der Waals surface area contributed by atoms with Crippen LogP contribution in [0.2, 0.25) is 0 Å². The average molecular weight is 152 g/mol. The lowest BCUT2D eigenvalue weighted by Crippen LogP contribution is -2.03. The predicted molar refractivity (Wildman–Crippen MR) is 32.1 cm³/mol. The second kappa shape index (κ2) is 2.58. The molecule has 0 heterocycles. The van der Waals surface area contributed by atoms with Crippen LogP contribution in [0.15, 0.2) is 12.2 Å². The van der Waals surface area contributed by atoms with Crippen LogP contribution in [0.3, 0.4) is 0 Å². The maximum Gasteiger partial charge on any atom is 0.534 e. The Hall–Kier alpha value is 0.0900. The maximum absolute atomic E-state index is 10.5. The zero-order valence-corrected chi connectivity index (χ0v) is 5.73. The molecule has 0 N–H and O–H groups in total. The van der Waals surface area contributed by atoms with Crippen LogP contribution in [-0.2, 0) is 8.64 Å². The van der Waals surface area contributed by atoms with Crippen molar-refractivity contribution in [2.75, 3.05) is 0 Å². The molecule has 1 aliphatic rings. The standard InChI is InChI=1S/C4H5ClO2P/c5-7-8(6)4-2-1-3-4/h1-2,4H,3H2/q+1. The molecule has 4 heteroatoms. The zero-order chi connectivity index (χ0) is 5.98. The summed E-state index contributed by atoms with van der Waals surface area (Å²) in [6.45, 7) is 0. The molecule has 0 aromatic heterocycles. The van der Waals surface area contributed by atoms with Crippen molar-refractivity contribution < 1.29 is 8.64 Å². The first kappa shape index (κ1) is 6.21. The molecule has 0 saturated heterocycles. The van der Waals surface area contributed by atoms with Crippen LogP contribution in [0, 0.1) is 0 Å². The van der Waals surface area contributed by atoms with Crippen molar-refractivity contribution in [2.45, 2.75) is 12.1 Å². The molecule has 44 valence electrons. The molecule has 2 atom stereocenters. The molecule has 0 radical (unpaired) electrons. The van der Waals surface area contributed by atoms with E-state index in [1.807, 2.05) is 12.2 Å². The zero-order valence-electron chi connectivity index (χ0n) is 4.08. The van der Waals surface area contributed by atoms with E-state index in [0.29, 0.717) is 0 Å². The fourth-order valence-electron chi connectivity index (χ4n) is 0.465. The van der Waals surface area contributed by atoms with Gasteiger partial charge in [-0.3, -0.25) is 0 Å². The quantitative estimate of drug-likeness (QED) is 0.447. The van der Waals surface area contributed by atoms with Gasteiger partial charge in [0.05, 0.1) is 0 Å². The molecule has 0 bridgehead atoms. The highest BCUT2D eigenvalue weighted by molar-refractivity contribution is 7.41. The Labute approximate surface area is 53.5 Å². The Morgan fingerprint density at radius 3 is 2.62 bits per heavy atom. The van der Waals surface area contributed by atoms with Gasteiger partial charge in [-0.25, -0.2) is 0 Å². The summed E-state index contributed by atoms with van der Waals surface area (Å²) in [5, 5.41) is 0. The van der Waals surface area contributed by atoms with Gasteiger partial charge >= 0.3 is 8.03 Å². The van der Waals surface area contributed by atoms with E-state index in [0.717, 1.165) is 6.42 Å². The van der Waals surface area contributed by atoms with Gasteiger partial charge in [0.1, 0.15) is 11.9 Å². The Morgan fingerprint density at radius 2 is 2.50 bits per heavy atom. The number of allylic oxidation sites excluding steroid dienone is 2. The first-order valence-electron chi connectivity index (χ1n) is 2.26. The highest BCUT2D eigenvalue weighted by Gasteiger charge is 2.33. The largest absolute Gasteiger partial charge is 0.534 e. The predicted octanol–water partition coefficient (Wildman–Crippen LogP) is 2.23. The summed E-state index contributed by atoms with van der Waals surface area (Å²) in [6, 6.07) is 0. The van der Waals surface area contributed by atoms with Crippen molar-refractivity contribution in [3.63, 3.8) is 0 Å². The van der Waals surface area contributed by atoms with Crippen LogP contribution < -0.4 is 0 Å². The highest BCUT2D eigenvalue weighted by Crippen LogP contribution is 2.38. The van der Waals surface area contributed by atoms with E-state index in [4.69, 9.17) is 11.9 Å². The molecule has 0 saturated carbocycles. The maximum atomic E-state index is 10.5. The second-order valence-electron chi connectivity index (χ2n) is 1.59. The van der Waals surface area contributed by atoms with Gasteiger partial charge in [0.25, 0.3) is 0 Å². The molecule has 2 nitrogen and oxygen atoms in total. The third kappa shape index (κ3) is 1.08. The lowest BCUT2D eigenvalue weighted by Gasteiger charge is -2.01. The monoisotopic (exact) mass is 151 g/mol. The second-order valence-corrected chi connectivity index (χ2v) is 3.37. The molecule has 0 aromatic carbocycles. The van der Waals surface area contributed by atoms with Gasteiger partial charge in [0.15, 0.2) is 0 Å². The van der Waals surface area contributed by atoms with E-state index in [2.05, 4.69) is 4.08 Å². The van der Waals surface area contributed by atoms with Crippen LogP contribution in [0.25, 0.3) is 0 Å². The summed E-state index contributed by atoms with van der Waals surface area (Å²) >= 11 is 4.84. The van der Waals surface area contributed by atoms with Crippen LogP contribution in [0.1, 0.15) is 6.42 Å². The van der Waals surface area contributed by atoms with Crippen molar-refractivity contribution >= 4 is 19.9 Å². The summed E-state index contributed by atoms with van der Waals surface area (Å²) in [5.74, 6) is 0. The number of hydrogen-bond donors (Lipinski definition) is 0. The summed E-state index contributed by atoms with van der Waals surface area (Å²) in [7, 11) is -1.62. The Bertz CT molecular complexity index is 134. The van der Waals surface area contributed by atoms with E-state index in [1.165, 1.54) is 0 Å². The van der Waals surface area contributed by atoms with Gasteiger partial charge in [-0.1, -0.05) is 6.08 Å². The molecule has 1 aliphatic carbocycles. The van der Waals surface area contributed by atoms with Gasteiger partial charge in [-0.05, 0) is 14.7 Å². The average Bonchev–Trinajstić information content (AvgIpc) is 1.62. The molecule has 0 aromatic rings. The number of rotatable bonds is 2. The summed E-state index contributed by atoms with van der Waals surface area (Å²) in [6.07, 6.45) is 4.61. The summed E-state index contributed by atoms with van der Waals surface area (Å²) in [4.78, 5) is 0. The lowest BCUT2D eigenvalue weighted by atomic mass is 10.1. The van der Waals surface area contributed by atoms with Crippen LogP contribution in [0.5, 0.6) is 0 Å². The fraction of sp³-hybridized carbons (Fsp3) is 0.500. The van der Waals surface area contributed by atoms with Crippen LogP contribution in [0.4, 0.5) is 0 Å². The Morgan fingerprint density at radius 1 is 1.88 bits per heavy atom. The number of hydrogen-bond acceptors (Lipinski definition) is 2. The summed E-state index contributed by atoms with van der Waals surface area (Å²) < 4.78 is 14.6.